The molecule has 0 radical (unpaired) electrons. The predicted molar refractivity (Wildman–Crippen MR) is 114 cm³/mol. The van der Waals surface area contributed by atoms with Crippen LogP contribution >= 0.6 is 0 Å². The van der Waals surface area contributed by atoms with Gasteiger partial charge in [-0.2, -0.15) is 0 Å². The minimum Gasteiger partial charge on any atom is -0.454 e. The topological polar surface area (TPSA) is 95.6 Å². The first-order chi connectivity index (χ1) is 14.4. The number of ether oxygens (including phenoxy) is 2. The van der Waals surface area contributed by atoms with Gasteiger partial charge in [0.25, 0.3) is 5.91 Å². The number of carbonyl (C=O) groups is 2. The van der Waals surface area contributed by atoms with Crippen LogP contribution in [-0.2, 0) is 4.79 Å². The molecule has 3 N–H and O–H groups in total. The molecule has 7 nitrogen and oxygen atoms in total. The van der Waals surface area contributed by atoms with Gasteiger partial charge in [0, 0.05) is 29.2 Å². The number of primary amides is 1. The normalized spacial score (nSPS) is 12.3. The second-order valence-corrected chi connectivity index (χ2v) is 6.93. The zero-order chi connectivity index (χ0) is 21.3. The van der Waals surface area contributed by atoms with Crippen LogP contribution in [0.5, 0.6) is 11.5 Å². The Balaban J connectivity index is 1.56. The summed E-state index contributed by atoms with van der Waals surface area (Å²) in [6, 6.07) is 14.4. The van der Waals surface area contributed by atoms with Gasteiger partial charge >= 0.3 is 0 Å². The van der Waals surface area contributed by atoms with Crippen LogP contribution in [0.15, 0.2) is 54.6 Å². The number of aromatic nitrogens is 1. The van der Waals surface area contributed by atoms with E-state index in [0.29, 0.717) is 11.4 Å². The number of nitrogens with two attached hydrogens (primary N) is 1. The van der Waals surface area contributed by atoms with E-state index in [0.717, 1.165) is 28.4 Å². The Morgan fingerprint density at radius 1 is 1.07 bits per heavy atom. The summed E-state index contributed by atoms with van der Waals surface area (Å²) in [5.74, 6) is 0.498. The van der Waals surface area contributed by atoms with Crippen LogP contribution in [0.25, 0.3) is 11.8 Å². The summed E-state index contributed by atoms with van der Waals surface area (Å²) in [6.45, 7) is 4.21. The number of hydrogen-bond acceptors (Lipinski definition) is 4. The van der Waals surface area contributed by atoms with Gasteiger partial charge in [0.05, 0.1) is 11.3 Å². The van der Waals surface area contributed by atoms with E-state index in [1.807, 2.05) is 38.1 Å². The first-order valence-corrected chi connectivity index (χ1v) is 9.41. The van der Waals surface area contributed by atoms with Crippen molar-refractivity contribution in [3.63, 3.8) is 0 Å². The number of benzene rings is 2. The van der Waals surface area contributed by atoms with E-state index in [1.54, 1.807) is 30.3 Å². The lowest BCUT2D eigenvalue weighted by molar-refractivity contribution is -0.111. The number of rotatable bonds is 5. The van der Waals surface area contributed by atoms with Gasteiger partial charge in [-0.1, -0.05) is 12.1 Å². The van der Waals surface area contributed by atoms with Gasteiger partial charge in [0.1, 0.15) is 0 Å². The summed E-state index contributed by atoms with van der Waals surface area (Å²) < 4.78 is 12.9. The highest BCUT2D eigenvalue weighted by atomic mass is 16.7. The summed E-state index contributed by atoms with van der Waals surface area (Å²) in [5.41, 5.74) is 9.86. The molecule has 0 fully saturated rings. The first kappa shape index (κ1) is 19.3. The van der Waals surface area contributed by atoms with Gasteiger partial charge < -0.3 is 25.1 Å². The first-order valence-electron chi connectivity index (χ1n) is 9.41. The van der Waals surface area contributed by atoms with E-state index in [4.69, 9.17) is 15.2 Å². The number of amides is 2. The molecule has 2 heterocycles. The van der Waals surface area contributed by atoms with E-state index in [9.17, 15) is 9.59 Å². The van der Waals surface area contributed by atoms with Crippen molar-refractivity contribution < 1.29 is 19.1 Å². The van der Waals surface area contributed by atoms with Gasteiger partial charge in [-0.3, -0.25) is 9.59 Å². The molecule has 0 spiro atoms. The molecule has 30 heavy (non-hydrogen) atoms. The van der Waals surface area contributed by atoms with Crippen LogP contribution in [0.1, 0.15) is 27.3 Å². The third kappa shape index (κ3) is 3.65. The lowest BCUT2D eigenvalue weighted by atomic mass is 10.1. The maximum atomic E-state index is 12.4. The van der Waals surface area contributed by atoms with E-state index < -0.39 is 5.91 Å². The van der Waals surface area contributed by atoms with Gasteiger partial charge in [0.2, 0.25) is 12.7 Å². The van der Waals surface area contributed by atoms with Crippen LogP contribution in [0.4, 0.5) is 5.69 Å². The molecule has 0 atom stereocenters. The second kappa shape index (κ2) is 7.79. The molecule has 4 rings (SSSR count). The van der Waals surface area contributed by atoms with E-state index >= 15 is 0 Å². The number of nitrogens with one attached hydrogen (secondary N) is 1. The minimum absolute atomic E-state index is 0.227. The van der Waals surface area contributed by atoms with Crippen molar-refractivity contribution in [2.75, 3.05) is 12.1 Å². The summed E-state index contributed by atoms with van der Waals surface area (Å²) in [4.78, 5) is 23.9. The largest absolute Gasteiger partial charge is 0.454 e. The molecule has 1 aliphatic rings. The number of aryl methyl sites for hydroxylation is 1. The molecule has 2 amide bonds. The number of fused-ring (bicyclic) bond motifs is 1. The fraction of sp³-hybridized carbons (Fsp3) is 0.130. The van der Waals surface area contributed by atoms with Crippen LogP contribution in [-0.4, -0.2) is 23.2 Å². The smallest absolute Gasteiger partial charge is 0.250 e. The summed E-state index contributed by atoms with van der Waals surface area (Å²) in [5, 5.41) is 2.70. The number of para-hydroxylation sites is 1. The second-order valence-electron chi connectivity index (χ2n) is 6.93. The van der Waals surface area contributed by atoms with Crippen molar-refractivity contribution in [3.05, 3.63) is 77.1 Å². The molecule has 1 aromatic heterocycles. The highest BCUT2D eigenvalue weighted by Crippen LogP contribution is 2.35. The zero-order valence-electron chi connectivity index (χ0n) is 16.6. The fourth-order valence-corrected chi connectivity index (χ4v) is 3.52. The molecule has 1 aliphatic heterocycles. The predicted octanol–water partition coefficient (Wildman–Crippen LogP) is 3.57. The summed E-state index contributed by atoms with van der Waals surface area (Å²) in [7, 11) is 0. The lowest BCUT2D eigenvalue weighted by Crippen LogP contribution is -2.16. The molecule has 0 saturated carbocycles. The van der Waals surface area contributed by atoms with Crippen molar-refractivity contribution >= 4 is 23.6 Å². The molecule has 3 aromatic rings. The molecule has 7 heteroatoms. The Morgan fingerprint density at radius 3 is 2.63 bits per heavy atom. The Morgan fingerprint density at radius 2 is 1.83 bits per heavy atom. The number of anilines is 1. The fourth-order valence-electron chi connectivity index (χ4n) is 3.52. The SMILES string of the molecule is Cc1cc(/C=C/C(=O)Nc2ccccc2C(N)=O)c(C)n1-c1ccc2c(c1)OCO2. The van der Waals surface area contributed by atoms with Crippen molar-refractivity contribution in [3.8, 4) is 17.2 Å². The Bertz CT molecular complexity index is 1180. The average Bonchev–Trinajstić information content (AvgIpc) is 3.29. The van der Waals surface area contributed by atoms with Crippen molar-refractivity contribution in [1.82, 2.24) is 4.57 Å². The maximum absolute atomic E-state index is 12.4. The highest BCUT2D eigenvalue weighted by molar-refractivity contribution is 6.07. The number of carbonyl (C=O) groups excluding carboxylic acids is 2. The van der Waals surface area contributed by atoms with E-state index in [1.165, 1.54) is 6.08 Å². The molecule has 152 valence electrons. The van der Waals surface area contributed by atoms with Crippen molar-refractivity contribution in [1.29, 1.82) is 0 Å². The Kier molecular flexibility index (Phi) is 5.02. The van der Waals surface area contributed by atoms with Crippen molar-refractivity contribution in [2.24, 2.45) is 5.73 Å². The maximum Gasteiger partial charge on any atom is 0.250 e. The quantitative estimate of drug-likeness (QED) is 0.637. The van der Waals surface area contributed by atoms with Crippen molar-refractivity contribution in [2.45, 2.75) is 13.8 Å². The molecular formula is C23H21N3O4. The van der Waals surface area contributed by atoms with Crippen LogP contribution in [0.3, 0.4) is 0 Å². The van der Waals surface area contributed by atoms with E-state index in [2.05, 4.69) is 9.88 Å². The highest BCUT2D eigenvalue weighted by Gasteiger charge is 2.16. The Hall–Kier alpha value is -4.00. The molecule has 0 saturated heterocycles. The molecule has 0 unspecified atom stereocenters. The Labute approximate surface area is 173 Å². The lowest BCUT2D eigenvalue weighted by Gasteiger charge is -2.10. The van der Waals surface area contributed by atoms with Crippen LogP contribution in [0.2, 0.25) is 0 Å². The van der Waals surface area contributed by atoms with Gasteiger partial charge in [-0.15, -0.1) is 0 Å². The minimum atomic E-state index is -0.595. The van der Waals surface area contributed by atoms with Crippen LogP contribution in [0, 0.1) is 13.8 Å². The third-order valence-corrected chi connectivity index (χ3v) is 4.95. The molecule has 2 aromatic carbocycles. The van der Waals surface area contributed by atoms with Gasteiger partial charge in [-0.25, -0.2) is 0 Å². The zero-order valence-corrected chi connectivity index (χ0v) is 16.6. The molecular weight excluding hydrogens is 382 g/mol. The van der Waals surface area contributed by atoms with Gasteiger partial charge in [0.15, 0.2) is 11.5 Å². The third-order valence-electron chi connectivity index (χ3n) is 4.95. The number of nitrogens with zero attached hydrogens (tertiary/aromatic N) is 1. The van der Waals surface area contributed by atoms with Gasteiger partial charge in [-0.05, 0) is 55.8 Å². The average molecular weight is 403 g/mol. The number of hydrogen-bond donors (Lipinski definition) is 2. The summed E-state index contributed by atoms with van der Waals surface area (Å²) in [6.07, 6.45) is 3.18. The van der Waals surface area contributed by atoms with E-state index in [-0.39, 0.29) is 18.3 Å². The molecule has 0 aliphatic carbocycles. The standard InChI is InChI=1S/C23H21N3O4/c1-14-11-16(7-10-22(27)25-19-6-4-3-5-18(19)23(24)28)15(2)26(14)17-8-9-20-21(12-17)30-13-29-20/h3-12H,13H2,1-2H3,(H2,24,28)(H,25,27)/b10-7+. The monoisotopic (exact) mass is 403 g/mol. The molecule has 0 bridgehead atoms. The summed E-state index contributed by atoms with van der Waals surface area (Å²) >= 11 is 0. The van der Waals surface area contributed by atoms with Crippen LogP contribution < -0.4 is 20.5 Å².